The van der Waals surface area contributed by atoms with Crippen LogP contribution in [0, 0.1) is 0 Å². The van der Waals surface area contributed by atoms with E-state index in [-0.39, 0.29) is 0 Å². The van der Waals surface area contributed by atoms with Crippen molar-refractivity contribution in [3.8, 4) is 0 Å². The summed E-state index contributed by atoms with van der Waals surface area (Å²) in [5.41, 5.74) is 0. The molecule has 2 rings (SSSR count). The van der Waals surface area contributed by atoms with Crippen molar-refractivity contribution in [1.82, 2.24) is 15.3 Å². The van der Waals surface area contributed by atoms with Gasteiger partial charge >= 0.3 is 0 Å². The average molecular weight is 253 g/mol. The third-order valence-electron chi connectivity index (χ3n) is 2.23. The van der Waals surface area contributed by atoms with E-state index in [0.717, 1.165) is 17.5 Å². The van der Waals surface area contributed by atoms with Crippen LogP contribution >= 0.6 is 23.1 Å². The maximum absolute atomic E-state index is 4.16. The maximum Gasteiger partial charge on any atom is 0.165 e. The van der Waals surface area contributed by atoms with Gasteiger partial charge < -0.3 is 10.3 Å². The molecule has 1 unspecified atom stereocenters. The topological polar surface area (TPSA) is 40.7 Å². The molecule has 0 aliphatic rings. The molecule has 3 nitrogen and oxygen atoms in total. The molecule has 2 heterocycles. The summed E-state index contributed by atoms with van der Waals surface area (Å²) in [7, 11) is 0. The number of nitrogens with one attached hydrogen (secondary N) is 2. The van der Waals surface area contributed by atoms with Crippen molar-refractivity contribution in [1.29, 1.82) is 0 Å². The van der Waals surface area contributed by atoms with Crippen molar-refractivity contribution in [3.63, 3.8) is 0 Å². The monoisotopic (exact) mass is 253 g/mol. The van der Waals surface area contributed by atoms with Crippen LogP contribution in [0.15, 0.2) is 35.1 Å². The van der Waals surface area contributed by atoms with E-state index in [1.807, 2.05) is 6.20 Å². The van der Waals surface area contributed by atoms with Crippen LogP contribution in [0.1, 0.15) is 17.8 Å². The van der Waals surface area contributed by atoms with Crippen molar-refractivity contribution in [2.75, 3.05) is 12.3 Å². The summed E-state index contributed by atoms with van der Waals surface area (Å²) in [6, 6.07) is 4.70. The van der Waals surface area contributed by atoms with Gasteiger partial charge in [0, 0.05) is 35.6 Å². The van der Waals surface area contributed by atoms with Crippen LogP contribution in [-0.4, -0.2) is 22.3 Å². The molecule has 16 heavy (non-hydrogen) atoms. The van der Waals surface area contributed by atoms with Crippen molar-refractivity contribution in [2.24, 2.45) is 0 Å². The Balaban J connectivity index is 1.65. The standard InChI is InChI=1S/C11H15N3S2/c1-9(10-3-2-7-15-10)12-6-8-16-11-13-4-5-14-11/h2-5,7,9,12H,6,8H2,1H3,(H,13,14). The van der Waals surface area contributed by atoms with E-state index >= 15 is 0 Å². The summed E-state index contributed by atoms with van der Waals surface area (Å²) < 4.78 is 0. The number of hydrogen-bond donors (Lipinski definition) is 2. The highest BCUT2D eigenvalue weighted by molar-refractivity contribution is 7.99. The number of hydrogen-bond acceptors (Lipinski definition) is 4. The zero-order valence-corrected chi connectivity index (χ0v) is 10.8. The third kappa shape index (κ3) is 3.37. The molecule has 0 aromatic carbocycles. The predicted molar refractivity (Wildman–Crippen MR) is 70.0 cm³/mol. The summed E-state index contributed by atoms with van der Waals surface area (Å²) in [6.45, 7) is 3.19. The molecule has 2 aromatic heterocycles. The summed E-state index contributed by atoms with van der Waals surface area (Å²) in [4.78, 5) is 8.64. The Hall–Kier alpha value is -0.780. The quantitative estimate of drug-likeness (QED) is 0.614. The smallest absolute Gasteiger partial charge is 0.165 e. The Kier molecular flexibility index (Phi) is 4.44. The van der Waals surface area contributed by atoms with Crippen molar-refractivity contribution in [2.45, 2.75) is 18.1 Å². The van der Waals surface area contributed by atoms with Gasteiger partial charge in [-0.15, -0.1) is 11.3 Å². The fourth-order valence-corrected chi connectivity index (χ4v) is 2.85. The lowest BCUT2D eigenvalue weighted by atomic mass is 10.3. The van der Waals surface area contributed by atoms with E-state index < -0.39 is 0 Å². The number of thiophene rings is 1. The molecule has 0 aliphatic carbocycles. The highest BCUT2D eigenvalue weighted by Crippen LogP contribution is 2.18. The highest BCUT2D eigenvalue weighted by atomic mass is 32.2. The molecule has 0 aliphatic heterocycles. The number of H-pyrrole nitrogens is 1. The molecule has 0 spiro atoms. The normalized spacial score (nSPS) is 12.8. The van der Waals surface area contributed by atoms with Gasteiger partial charge in [0.2, 0.25) is 0 Å². The Morgan fingerprint density at radius 2 is 2.56 bits per heavy atom. The van der Waals surface area contributed by atoms with Gasteiger partial charge in [-0.2, -0.15) is 0 Å². The van der Waals surface area contributed by atoms with E-state index in [0.29, 0.717) is 6.04 Å². The van der Waals surface area contributed by atoms with Gasteiger partial charge in [-0.1, -0.05) is 17.8 Å². The lowest BCUT2D eigenvalue weighted by Gasteiger charge is -2.10. The van der Waals surface area contributed by atoms with Crippen LogP contribution in [-0.2, 0) is 0 Å². The second-order valence-electron chi connectivity index (χ2n) is 3.43. The lowest BCUT2D eigenvalue weighted by Crippen LogP contribution is -2.20. The number of aromatic nitrogens is 2. The first-order chi connectivity index (χ1) is 7.86. The number of imidazole rings is 1. The summed E-state index contributed by atoms with van der Waals surface area (Å²) in [5.74, 6) is 1.03. The van der Waals surface area contributed by atoms with Crippen molar-refractivity contribution >= 4 is 23.1 Å². The molecule has 1 atom stereocenters. The van der Waals surface area contributed by atoms with E-state index in [1.54, 1.807) is 29.3 Å². The van der Waals surface area contributed by atoms with Crippen LogP contribution < -0.4 is 5.32 Å². The van der Waals surface area contributed by atoms with Gasteiger partial charge in [-0.05, 0) is 18.4 Å². The van der Waals surface area contributed by atoms with Crippen LogP contribution in [0.3, 0.4) is 0 Å². The van der Waals surface area contributed by atoms with Gasteiger partial charge in [-0.3, -0.25) is 0 Å². The summed E-state index contributed by atoms with van der Waals surface area (Å²) in [6.07, 6.45) is 3.63. The minimum atomic E-state index is 0.442. The number of nitrogens with zero attached hydrogens (tertiary/aromatic N) is 1. The molecule has 2 N–H and O–H groups in total. The zero-order valence-electron chi connectivity index (χ0n) is 9.14. The van der Waals surface area contributed by atoms with Crippen LogP contribution in [0.5, 0.6) is 0 Å². The molecule has 86 valence electrons. The second-order valence-corrected chi connectivity index (χ2v) is 5.50. The molecule has 0 saturated carbocycles. The lowest BCUT2D eigenvalue weighted by molar-refractivity contribution is 0.610. The Labute approximate surface area is 104 Å². The SMILES string of the molecule is CC(NCCSc1ncc[nH]1)c1cccs1. The minimum absolute atomic E-state index is 0.442. The van der Waals surface area contributed by atoms with E-state index in [9.17, 15) is 0 Å². The van der Waals surface area contributed by atoms with Crippen LogP contribution in [0.4, 0.5) is 0 Å². The second kappa shape index (κ2) is 6.08. The maximum atomic E-state index is 4.16. The molecule has 2 aromatic rings. The number of thioether (sulfide) groups is 1. The predicted octanol–water partition coefficient (Wildman–Crippen LogP) is 2.91. The minimum Gasteiger partial charge on any atom is -0.340 e. The van der Waals surface area contributed by atoms with Crippen molar-refractivity contribution in [3.05, 3.63) is 34.8 Å². The first-order valence-corrected chi connectivity index (χ1v) is 7.12. The molecular formula is C11H15N3S2. The molecule has 0 amide bonds. The Morgan fingerprint density at radius 3 is 3.25 bits per heavy atom. The fourth-order valence-electron chi connectivity index (χ4n) is 1.39. The average Bonchev–Trinajstić information content (AvgIpc) is 2.96. The van der Waals surface area contributed by atoms with E-state index in [1.165, 1.54) is 4.88 Å². The molecule has 5 heteroatoms. The molecule has 0 saturated heterocycles. The van der Waals surface area contributed by atoms with Crippen molar-refractivity contribution < 1.29 is 0 Å². The van der Waals surface area contributed by atoms with Gasteiger partial charge in [0.15, 0.2) is 5.16 Å². The summed E-state index contributed by atoms with van der Waals surface area (Å²) in [5, 5.41) is 6.60. The zero-order chi connectivity index (χ0) is 11.2. The molecule has 0 radical (unpaired) electrons. The van der Waals surface area contributed by atoms with Gasteiger partial charge in [-0.25, -0.2) is 4.98 Å². The Bertz CT molecular complexity index is 383. The number of rotatable bonds is 6. The first kappa shape index (κ1) is 11.7. The molecule has 0 fully saturated rings. The van der Waals surface area contributed by atoms with E-state index in [2.05, 4.69) is 39.7 Å². The van der Waals surface area contributed by atoms with Gasteiger partial charge in [0.05, 0.1) is 0 Å². The van der Waals surface area contributed by atoms with Crippen LogP contribution in [0.2, 0.25) is 0 Å². The van der Waals surface area contributed by atoms with Gasteiger partial charge in [0.1, 0.15) is 0 Å². The molecular weight excluding hydrogens is 238 g/mol. The summed E-state index contributed by atoms with van der Waals surface area (Å²) >= 11 is 3.54. The number of aromatic amines is 1. The van der Waals surface area contributed by atoms with Gasteiger partial charge in [0.25, 0.3) is 0 Å². The molecule has 0 bridgehead atoms. The highest BCUT2D eigenvalue weighted by Gasteiger charge is 2.04. The fraction of sp³-hybridized carbons (Fsp3) is 0.364. The third-order valence-corrected chi connectivity index (χ3v) is 4.19. The van der Waals surface area contributed by atoms with E-state index in [4.69, 9.17) is 0 Å². The Morgan fingerprint density at radius 1 is 1.62 bits per heavy atom. The largest absolute Gasteiger partial charge is 0.340 e. The first-order valence-electron chi connectivity index (χ1n) is 5.25. The van der Waals surface area contributed by atoms with Crippen LogP contribution in [0.25, 0.3) is 0 Å².